The summed E-state index contributed by atoms with van der Waals surface area (Å²) in [4.78, 5) is 26.1. The van der Waals surface area contributed by atoms with Crippen LogP contribution in [0.25, 0.3) is 0 Å². The van der Waals surface area contributed by atoms with Crippen molar-refractivity contribution in [2.75, 3.05) is 6.54 Å². The van der Waals surface area contributed by atoms with Gasteiger partial charge < -0.3 is 10.0 Å². The number of nitrogens with zero attached hydrogens (tertiary/aromatic N) is 1. The summed E-state index contributed by atoms with van der Waals surface area (Å²) in [5.74, 6) is -1.61. The van der Waals surface area contributed by atoms with E-state index >= 15 is 0 Å². The van der Waals surface area contributed by atoms with Crippen molar-refractivity contribution in [3.63, 3.8) is 0 Å². The predicted octanol–water partition coefficient (Wildman–Crippen LogP) is 3.65. The van der Waals surface area contributed by atoms with Crippen molar-refractivity contribution in [3.8, 4) is 0 Å². The number of amides is 1. The Balaban J connectivity index is 5.20. The van der Waals surface area contributed by atoms with E-state index in [1.165, 1.54) is 0 Å². The lowest BCUT2D eigenvalue weighted by Crippen LogP contribution is -2.47. The van der Waals surface area contributed by atoms with E-state index in [4.69, 9.17) is 0 Å². The zero-order valence-electron chi connectivity index (χ0n) is 14.7. The van der Waals surface area contributed by atoms with E-state index in [9.17, 15) is 14.7 Å². The summed E-state index contributed by atoms with van der Waals surface area (Å²) < 4.78 is 0. The van der Waals surface area contributed by atoms with Gasteiger partial charge in [-0.25, -0.2) is 0 Å². The molecule has 4 heteroatoms. The first-order valence-electron chi connectivity index (χ1n) is 8.25. The van der Waals surface area contributed by atoms with Crippen LogP contribution in [0.4, 0.5) is 0 Å². The van der Waals surface area contributed by atoms with Gasteiger partial charge in [0.15, 0.2) is 0 Å². The van der Waals surface area contributed by atoms with Gasteiger partial charge in [0.2, 0.25) is 5.91 Å². The molecule has 0 aromatic heterocycles. The van der Waals surface area contributed by atoms with Crippen LogP contribution in [0.5, 0.6) is 0 Å². The molecule has 0 saturated heterocycles. The normalized spacial score (nSPS) is 15.9. The van der Waals surface area contributed by atoms with Crippen LogP contribution in [0, 0.1) is 23.7 Å². The Morgan fingerprint density at radius 2 is 1.48 bits per heavy atom. The molecule has 0 saturated carbocycles. The highest BCUT2D eigenvalue weighted by atomic mass is 16.4. The first kappa shape index (κ1) is 19.9. The maximum atomic E-state index is 12.8. The fraction of sp³-hybridized carbons (Fsp3) is 0.882. The lowest BCUT2D eigenvalue weighted by Gasteiger charge is -2.36. The molecule has 4 nitrogen and oxygen atoms in total. The van der Waals surface area contributed by atoms with Crippen LogP contribution in [-0.2, 0) is 9.59 Å². The Kier molecular flexibility index (Phi) is 8.60. The molecule has 0 bridgehead atoms. The number of carbonyl (C=O) groups is 2. The first-order valence-corrected chi connectivity index (χ1v) is 8.25. The number of carboxylic acids is 1. The lowest BCUT2D eigenvalue weighted by molar-refractivity contribution is -0.153. The van der Waals surface area contributed by atoms with E-state index < -0.39 is 17.8 Å². The summed E-state index contributed by atoms with van der Waals surface area (Å²) >= 11 is 0. The van der Waals surface area contributed by atoms with Gasteiger partial charge in [-0.15, -0.1) is 0 Å². The Bertz CT molecular complexity index is 337. The summed E-state index contributed by atoms with van der Waals surface area (Å²) in [6.07, 6.45) is 2.06. The highest BCUT2D eigenvalue weighted by Gasteiger charge is 2.36. The topological polar surface area (TPSA) is 57.6 Å². The van der Waals surface area contributed by atoms with Gasteiger partial charge in [-0.2, -0.15) is 0 Å². The number of aliphatic carboxylic acids is 1. The molecule has 1 amide bonds. The largest absolute Gasteiger partial charge is 0.481 e. The molecule has 0 heterocycles. The van der Waals surface area contributed by atoms with Crippen molar-refractivity contribution >= 4 is 11.9 Å². The zero-order chi connectivity index (χ0) is 16.7. The minimum Gasteiger partial charge on any atom is -0.481 e. The van der Waals surface area contributed by atoms with Crippen LogP contribution in [0.2, 0.25) is 0 Å². The van der Waals surface area contributed by atoms with E-state index in [-0.39, 0.29) is 17.9 Å². The van der Waals surface area contributed by atoms with Crippen molar-refractivity contribution in [1.82, 2.24) is 4.90 Å². The molecule has 0 fully saturated rings. The lowest BCUT2D eigenvalue weighted by atomic mass is 9.83. The van der Waals surface area contributed by atoms with Crippen LogP contribution in [0.1, 0.15) is 61.3 Å². The van der Waals surface area contributed by atoms with Crippen LogP contribution < -0.4 is 0 Å². The maximum Gasteiger partial charge on any atom is 0.307 e. The fourth-order valence-corrected chi connectivity index (χ4v) is 3.36. The molecule has 0 radical (unpaired) electrons. The van der Waals surface area contributed by atoms with Gasteiger partial charge in [-0.05, 0) is 25.7 Å². The Morgan fingerprint density at radius 3 is 1.76 bits per heavy atom. The number of carbonyl (C=O) groups excluding carboxylic acids is 1. The van der Waals surface area contributed by atoms with E-state index in [1.54, 1.807) is 6.92 Å². The molecular formula is C17H33NO3. The Labute approximate surface area is 129 Å². The van der Waals surface area contributed by atoms with Gasteiger partial charge in [0.05, 0.1) is 5.92 Å². The predicted molar refractivity (Wildman–Crippen MR) is 86.0 cm³/mol. The van der Waals surface area contributed by atoms with Gasteiger partial charge in [0.1, 0.15) is 0 Å². The average Bonchev–Trinajstić information content (AvgIpc) is 2.39. The van der Waals surface area contributed by atoms with Crippen molar-refractivity contribution in [3.05, 3.63) is 0 Å². The number of carboxylic acid groups (broad SMARTS) is 1. The van der Waals surface area contributed by atoms with Gasteiger partial charge in [-0.1, -0.05) is 47.5 Å². The second kappa shape index (κ2) is 9.06. The van der Waals surface area contributed by atoms with Crippen LogP contribution in [0.3, 0.4) is 0 Å². The molecule has 0 aromatic rings. The molecule has 0 aliphatic rings. The number of hydrogen-bond donors (Lipinski definition) is 1. The van der Waals surface area contributed by atoms with Gasteiger partial charge >= 0.3 is 5.97 Å². The SMILES string of the molecule is CCC(CC)C(C)N(CC)C(=O)C(C)C(C(=O)O)C(C)C. The van der Waals surface area contributed by atoms with Crippen LogP contribution in [0.15, 0.2) is 0 Å². The fourth-order valence-electron chi connectivity index (χ4n) is 3.36. The third-order valence-electron chi connectivity index (χ3n) is 4.78. The van der Waals surface area contributed by atoms with Crippen molar-refractivity contribution < 1.29 is 14.7 Å². The van der Waals surface area contributed by atoms with E-state index in [0.29, 0.717) is 12.5 Å². The van der Waals surface area contributed by atoms with E-state index in [2.05, 4.69) is 20.8 Å². The van der Waals surface area contributed by atoms with Crippen molar-refractivity contribution in [1.29, 1.82) is 0 Å². The van der Waals surface area contributed by atoms with Crippen LogP contribution >= 0.6 is 0 Å². The second-order valence-electron chi connectivity index (χ2n) is 6.34. The number of hydrogen-bond acceptors (Lipinski definition) is 2. The molecule has 3 atom stereocenters. The molecule has 124 valence electrons. The monoisotopic (exact) mass is 299 g/mol. The summed E-state index contributed by atoms with van der Waals surface area (Å²) in [7, 11) is 0. The summed E-state index contributed by atoms with van der Waals surface area (Å²) in [6, 6.07) is 0.154. The van der Waals surface area contributed by atoms with Gasteiger partial charge in [0.25, 0.3) is 0 Å². The molecule has 3 unspecified atom stereocenters. The molecule has 21 heavy (non-hydrogen) atoms. The average molecular weight is 299 g/mol. The highest BCUT2D eigenvalue weighted by Crippen LogP contribution is 2.26. The first-order chi connectivity index (χ1) is 9.72. The summed E-state index contributed by atoms with van der Waals surface area (Å²) in [6.45, 7) is 14.4. The Morgan fingerprint density at radius 1 is 1.00 bits per heavy atom. The van der Waals surface area contributed by atoms with E-state index in [0.717, 1.165) is 12.8 Å². The molecule has 0 aromatic carbocycles. The van der Waals surface area contributed by atoms with Crippen molar-refractivity contribution in [2.45, 2.75) is 67.3 Å². The molecule has 0 spiro atoms. The maximum absolute atomic E-state index is 12.8. The Hall–Kier alpha value is -1.06. The highest BCUT2D eigenvalue weighted by molar-refractivity contribution is 5.84. The molecular weight excluding hydrogens is 266 g/mol. The smallest absolute Gasteiger partial charge is 0.307 e. The third-order valence-corrected chi connectivity index (χ3v) is 4.78. The third kappa shape index (κ3) is 5.01. The van der Waals surface area contributed by atoms with Crippen LogP contribution in [-0.4, -0.2) is 34.5 Å². The van der Waals surface area contributed by atoms with Crippen molar-refractivity contribution in [2.24, 2.45) is 23.7 Å². The zero-order valence-corrected chi connectivity index (χ0v) is 14.7. The number of rotatable bonds is 9. The molecule has 1 N–H and O–H groups in total. The summed E-state index contributed by atoms with van der Waals surface area (Å²) in [5, 5.41) is 9.39. The van der Waals surface area contributed by atoms with Gasteiger partial charge in [-0.3, -0.25) is 9.59 Å². The molecule has 0 rings (SSSR count). The molecule has 0 aliphatic carbocycles. The standard InChI is InChI=1S/C17H33NO3/c1-8-14(9-2)13(7)18(10-3)16(19)12(6)15(11(4)5)17(20)21/h11-15H,8-10H2,1-7H3,(H,20,21). The van der Waals surface area contributed by atoms with Gasteiger partial charge in [0, 0.05) is 18.5 Å². The minimum absolute atomic E-state index is 0.0296. The minimum atomic E-state index is -0.878. The second-order valence-corrected chi connectivity index (χ2v) is 6.34. The summed E-state index contributed by atoms with van der Waals surface area (Å²) in [5.41, 5.74) is 0. The molecule has 0 aliphatic heterocycles. The quantitative estimate of drug-likeness (QED) is 0.707. The van der Waals surface area contributed by atoms with E-state index in [1.807, 2.05) is 25.7 Å².